The summed E-state index contributed by atoms with van der Waals surface area (Å²) in [6, 6.07) is 13.0. The molecule has 3 aromatic rings. The number of carbonyl (C=O) groups is 1. The highest BCUT2D eigenvalue weighted by atomic mass is 16.4. The van der Waals surface area contributed by atoms with E-state index in [1.54, 1.807) is 6.20 Å². The van der Waals surface area contributed by atoms with Crippen LogP contribution in [0.3, 0.4) is 0 Å². The SMILES string of the molecule is CC1CN(c2nc3ncccc3o2)CCN1C(=O)Cc1ccc(C2CC2)cc1. The fraction of sp³-hybridized carbons (Fsp3) is 0.409. The van der Waals surface area contributed by atoms with Gasteiger partial charge in [0.1, 0.15) is 0 Å². The van der Waals surface area contributed by atoms with Crippen molar-refractivity contribution in [1.82, 2.24) is 14.9 Å². The molecule has 1 amide bonds. The number of anilines is 1. The first-order chi connectivity index (χ1) is 13.7. The summed E-state index contributed by atoms with van der Waals surface area (Å²) in [4.78, 5) is 25.6. The minimum Gasteiger partial charge on any atom is -0.422 e. The van der Waals surface area contributed by atoms with E-state index < -0.39 is 0 Å². The lowest BCUT2D eigenvalue weighted by molar-refractivity contribution is -0.132. The van der Waals surface area contributed by atoms with E-state index in [9.17, 15) is 4.79 Å². The Kier molecular flexibility index (Phi) is 4.26. The number of aromatic nitrogens is 2. The Balaban J connectivity index is 1.23. The van der Waals surface area contributed by atoms with Crippen LogP contribution in [0.5, 0.6) is 0 Å². The van der Waals surface area contributed by atoms with Gasteiger partial charge in [-0.05, 0) is 48.9 Å². The number of hydrogen-bond donors (Lipinski definition) is 0. The standard InChI is InChI=1S/C22H24N4O2/c1-15-14-25(22-24-21-19(28-22)3-2-10-23-21)11-12-26(15)20(27)13-16-4-6-17(7-5-16)18-8-9-18/h2-7,10,15,18H,8-9,11-14H2,1H3. The van der Waals surface area contributed by atoms with Gasteiger partial charge in [-0.25, -0.2) is 4.98 Å². The molecular weight excluding hydrogens is 352 g/mol. The zero-order valence-corrected chi connectivity index (χ0v) is 16.0. The smallest absolute Gasteiger partial charge is 0.300 e. The maximum Gasteiger partial charge on any atom is 0.300 e. The number of piperazine rings is 1. The van der Waals surface area contributed by atoms with E-state index in [2.05, 4.69) is 46.1 Å². The summed E-state index contributed by atoms with van der Waals surface area (Å²) in [5, 5.41) is 0. The van der Waals surface area contributed by atoms with E-state index in [1.165, 1.54) is 18.4 Å². The third-order valence-electron chi connectivity index (χ3n) is 5.76. The van der Waals surface area contributed by atoms with E-state index in [0.717, 1.165) is 11.5 Å². The summed E-state index contributed by atoms with van der Waals surface area (Å²) < 4.78 is 5.83. The van der Waals surface area contributed by atoms with Gasteiger partial charge in [0.2, 0.25) is 11.6 Å². The minimum atomic E-state index is 0.106. The van der Waals surface area contributed by atoms with Crippen LogP contribution in [0.15, 0.2) is 47.0 Å². The Hall–Kier alpha value is -2.89. The van der Waals surface area contributed by atoms with Gasteiger partial charge in [0.25, 0.3) is 6.01 Å². The first kappa shape index (κ1) is 17.2. The molecule has 6 nitrogen and oxygen atoms in total. The summed E-state index contributed by atoms with van der Waals surface area (Å²) in [5.74, 6) is 0.936. The molecule has 3 heterocycles. The molecule has 2 aliphatic rings. The van der Waals surface area contributed by atoms with Crippen molar-refractivity contribution in [2.24, 2.45) is 0 Å². The molecule has 1 aliphatic heterocycles. The van der Waals surface area contributed by atoms with Crippen molar-refractivity contribution < 1.29 is 9.21 Å². The third kappa shape index (κ3) is 3.35. The van der Waals surface area contributed by atoms with E-state index in [-0.39, 0.29) is 11.9 Å². The molecule has 28 heavy (non-hydrogen) atoms. The number of rotatable bonds is 4. The van der Waals surface area contributed by atoms with Crippen LogP contribution < -0.4 is 4.90 Å². The van der Waals surface area contributed by atoms with Crippen LogP contribution in [0.25, 0.3) is 11.2 Å². The van der Waals surface area contributed by atoms with Gasteiger partial charge in [0.05, 0.1) is 6.42 Å². The van der Waals surface area contributed by atoms with Crippen molar-refractivity contribution in [3.05, 3.63) is 53.7 Å². The summed E-state index contributed by atoms with van der Waals surface area (Å²) in [7, 11) is 0. The van der Waals surface area contributed by atoms with Crippen LogP contribution in [0.2, 0.25) is 0 Å². The van der Waals surface area contributed by atoms with Crippen LogP contribution >= 0.6 is 0 Å². The quantitative estimate of drug-likeness (QED) is 0.699. The van der Waals surface area contributed by atoms with Gasteiger partial charge in [0, 0.05) is 31.9 Å². The third-order valence-corrected chi connectivity index (χ3v) is 5.76. The molecule has 1 aliphatic carbocycles. The lowest BCUT2D eigenvalue weighted by Gasteiger charge is -2.39. The first-order valence-electron chi connectivity index (χ1n) is 10.0. The highest BCUT2D eigenvalue weighted by Crippen LogP contribution is 2.39. The van der Waals surface area contributed by atoms with Crippen molar-refractivity contribution in [3.8, 4) is 0 Å². The molecule has 0 spiro atoms. The fourth-order valence-electron chi connectivity index (χ4n) is 4.00. The maximum atomic E-state index is 12.9. The van der Waals surface area contributed by atoms with E-state index in [0.29, 0.717) is 43.3 Å². The van der Waals surface area contributed by atoms with Gasteiger partial charge in [-0.15, -0.1) is 0 Å². The molecule has 6 heteroatoms. The highest BCUT2D eigenvalue weighted by molar-refractivity contribution is 5.79. The molecule has 1 atom stereocenters. The molecule has 1 aromatic carbocycles. The molecule has 0 bridgehead atoms. The molecule has 2 aromatic heterocycles. The summed E-state index contributed by atoms with van der Waals surface area (Å²) in [6.45, 7) is 4.18. The number of nitrogens with zero attached hydrogens (tertiary/aromatic N) is 4. The van der Waals surface area contributed by atoms with Crippen LogP contribution in [-0.2, 0) is 11.2 Å². The second-order valence-corrected chi connectivity index (χ2v) is 7.90. The molecule has 5 rings (SSSR count). The number of pyridine rings is 1. The van der Waals surface area contributed by atoms with Crippen LogP contribution in [0.4, 0.5) is 6.01 Å². The summed E-state index contributed by atoms with van der Waals surface area (Å²) in [5.41, 5.74) is 3.82. The van der Waals surface area contributed by atoms with Gasteiger partial charge in [-0.1, -0.05) is 24.3 Å². The zero-order chi connectivity index (χ0) is 19.1. The topological polar surface area (TPSA) is 62.5 Å². The predicted octanol–water partition coefficient (Wildman–Crippen LogP) is 3.38. The highest BCUT2D eigenvalue weighted by Gasteiger charge is 2.30. The number of benzene rings is 1. The number of hydrogen-bond acceptors (Lipinski definition) is 5. The number of oxazole rings is 1. The normalized spacial score (nSPS) is 20.0. The van der Waals surface area contributed by atoms with Crippen LogP contribution in [0, 0.1) is 0 Å². The molecule has 2 fully saturated rings. The number of amides is 1. The van der Waals surface area contributed by atoms with Crippen molar-refractivity contribution in [2.75, 3.05) is 24.5 Å². The lowest BCUT2D eigenvalue weighted by Crippen LogP contribution is -2.54. The first-order valence-corrected chi connectivity index (χ1v) is 10.0. The van der Waals surface area contributed by atoms with E-state index in [1.807, 2.05) is 17.0 Å². The molecule has 1 saturated carbocycles. The Bertz CT molecular complexity index is 960. The zero-order valence-electron chi connectivity index (χ0n) is 16.0. The monoisotopic (exact) mass is 376 g/mol. The van der Waals surface area contributed by atoms with E-state index in [4.69, 9.17) is 4.42 Å². The lowest BCUT2D eigenvalue weighted by atomic mass is 10.0. The van der Waals surface area contributed by atoms with Crippen molar-refractivity contribution in [3.63, 3.8) is 0 Å². The van der Waals surface area contributed by atoms with Gasteiger partial charge >= 0.3 is 0 Å². The number of fused-ring (bicyclic) bond motifs is 1. The molecule has 1 unspecified atom stereocenters. The average molecular weight is 376 g/mol. The van der Waals surface area contributed by atoms with Gasteiger partial charge in [0.15, 0.2) is 5.58 Å². The second kappa shape index (κ2) is 6.93. The Morgan fingerprint density at radius 3 is 2.71 bits per heavy atom. The maximum absolute atomic E-state index is 12.9. The molecule has 1 saturated heterocycles. The van der Waals surface area contributed by atoms with Crippen molar-refractivity contribution >= 4 is 23.2 Å². The van der Waals surface area contributed by atoms with Crippen LogP contribution in [0.1, 0.15) is 36.8 Å². The van der Waals surface area contributed by atoms with Crippen LogP contribution in [-0.4, -0.2) is 46.5 Å². The van der Waals surface area contributed by atoms with Crippen molar-refractivity contribution in [2.45, 2.75) is 38.1 Å². The van der Waals surface area contributed by atoms with E-state index >= 15 is 0 Å². The Morgan fingerprint density at radius 1 is 1.18 bits per heavy atom. The average Bonchev–Trinajstić information content (AvgIpc) is 3.46. The van der Waals surface area contributed by atoms with Gasteiger partial charge < -0.3 is 14.2 Å². The summed E-state index contributed by atoms with van der Waals surface area (Å²) in [6.07, 6.45) is 4.78. The predicted molar refractivity (Wildman–Crippen MR) is 107 cm³/mol. The van der Waals surface area contributed by atoms with Crippen molar-refractivity contribution in [1.29, 1.82) is 0 Å². The van der Waals surface area contributed by atoms with Gasteiger partial charge in [-0.3, -0.25) is 4.79 Å². The molecule has 144 valence electrons. The summed E-state index contributed by atoms with van der Waals surface area (Å²) >= 11 is 0. The fourth-order valence-corrected chi connectivity index (χ4v) is 4.00. The Labute approximate surface area is 164 Å². The molecular formula is C22H24N4O2. The second-order valence-electron chi connectivity index (χ2n) is 7.90. The number of carbonyl (C=O) groups excluding carboxylic acids is 1. The van der Waals surface area contributed by atoms with Gasteiger partial charge in [-0.2, -0.15) is 4.98 Å². The largest absolute Gasteiger partial charge is 0.422 e. The minimum absolute atomic E-state index is 0.106. The molecule has 0 radical (unpaired) electrons. The molecule has 0 N–H and O–H groups in total. The Morgan fingerprint density at radius 2 is 2.00 bits per heavy atom.